The van der Waals surface area contributed by atoms with Crippen molar-refractivity contribution in [3.63, 3.8) is 0 Å². The molecule has 2 N–H and O–H groups in total. The second-order valence-corrected chi connectivity index (χ2v) is 9.46. The number of hydrogen-bond donors (Lipinski definition) is 2. The highest BCUT2D eigenvalue weighted by atomic mass is 16.7. The molecule has 0 bridgehead atoms. The van der Waals surface area contributed by atoms with E-state index >= 15 is 0 Å². The molecule has 2 aromatic rings. The zero-order chi connectivity index (χ0) is 25.6. The van der Waals surface area contributed by atoms with E-state index < -0.39 is 17.9 Å². The molecule has 35 heavy (non-hydrogen) atoms. The van der Waals surface area contributed by atoms with Crippen molar-refractivity contribution in [2.24, 2.45) is 0 Å². The van der Waals surface area contributed by atoms with Crippen molar-refractivity contribution in [3.8, 4) is 17.0 Å². The van der Waals surface area contributed by atoms with Gasteiger partial charge in [-0.1, -0.05) is 6.07 Å². The Labute approximate surface area is 205 Å². The minimum absolute atomic E-state index is 0.000317. The van der Waals surface area contributed by atoms with Crippen LogP contribution >= 0.6 is 0 Å². The second-order valence-electron chi connectivity index (χ2n) is 9.46. The van der Waals surface area contributed by atoms with Crippen LogP contribution in [0, 0.1) is 0 Å². The number of aromatic nitrogens is 2. The summed E-state index contributed by atoms with van der Waals surface area (Å²) in [5, 5.41) is 22.1. The lowest BCUT2D eigenvalue weighted by atomic mass is 10.0. The third kappa shape index (κ3) is 7.63. The second kappa shape index (κ2) is 11.5. The first-order valence-corrected chi connectivity index (χ1v) is 11.7. The SMILES string of the molecule is CCOCOc1cc(C=O)ccc1-c1nnc(NC(O)CN(C)C(=O)OC(C)(C)C)cc1C1CC1. The first-order chi connectivity index (χ1) is 16.6. The Morgan fingerprint density at radius 1 is 1.29 bits per heavy atom. The normalized spacial score (nSPS) is 14.2. The number of aliphatic hydroxyl groups is 1. The van der Waals surface area contributed by atoms with Crippen LogP contribution in [0.3, 0.4) is 0 Å². The topological polar surface area (TPSA) is 123 Å². The van der Waals surface area contributed by atoms with Gasteiger partial charge in [-0.25, -0.2) is 4.79 Å². The zero-order valence-corrected chi connectivity index (χ0v) is 20.9. The van der Waals surface area contributed by atoms with E-state index in [-0.39, 0.29) is 13.3 Å². The molecule has 1 amide bonds. The number of likely N-dealkylation sites (N-methyl/N-ethyl adjacent to an activating group) is 1. The molecule has 1 heterocycles. The molecule has 1 aliphatic carbocycles. The van der Waals surface area contributed by atoms with E-state index in [1.54, 1.807) is 46.0 Å². The molecule has 1 aliphatic rings. The highest BCUT2D eigenvalue weighted by Gasteiger charge is 2.30. The van der Waals surface area contributed by atoms with Gasteiger partial charge < -0.3 is 29.5 Å². The van der Waals surface area contributed by atoms with E-state index in [1.807, 2.05) is 13.0 Å². The lowest BCUT2D eigenvalue weighted by Crippen LogP contribution is -2.41. The fourth-order valence-electron chi connectivity index (χ4n) is 3.40. The lowest BCUT2D eigenvalue weighted by molar-refractivity contribution is 0.0223. The van der Waals surface area contributed by atoms with Crippen LogP contribution in [0.15, 0.2) is 24.3 Å². The monoisotopic (exact) mass is 486 g/mol. The summed E-state index contributed by atoms with van der Waals surface area (Å²) in [5.41, 5.74) is 2.19. The fraction of sp³-hybridized carbons (Fsp3) is 0.520. The summed E-state index contributed by atoms with van der Waals surface area (Å²) < 4.78 is 16.4. The average molecular weight is 487 g/mol. The molecular formula is C25H34N4O6. The first kappa shape index (κ1) is 26.4. The number of aliphatic hydroxyl groups excluding tert-OH is 1. The first-order valence-electron chi connectivity index (χ1n) is 11.7. The molecule has 0 aliphatic heterocycles. The van der Waals surface area contributed by atoms with Gasteiger partial charge in [0.2, 0.25) is 0 Å². The number of anilines is 1. The Bertz CT molecular complexity index is 1040. The average Bonchev–Trinajstić information content (AvgIpc) is 3.63. The van der Waals surface area contributed by atoms with Crippen molar-refractivity contribution in [1.29, 1.82) is 0 Å². The van der Waals surface area contributed by atoms with E-state index in [2.05, 4.69) is 15.5 Å². The third-order valence-corrected chi connectivity index (χ3v) is 5.21. The lowest BCUT2D eigenvalue weighted by Gasteiger charge is -2.26. The van der Waals surface area contributed by atoms with Crippen LogP contribution in [0.5, 0.6) is 5.75 Å². The van der Waals surface area contributed by atoms with Crippen molar-refractivity contribution >= 4 is 18.2 Å². The largest absolute Gasteiger partial charge is 0.467 e. The fourth-order valence-corrected chi connectivity index (χ4v) is 3.40. The molecule has 0 saturated heterocycles. The van der Waals surface area contributed by atoms with E-state index in [1.165, 1.54) is 4.90 Å². The van der Waals surface area contributed by atoms with E-state index in [9.17, 15) is 14.7 Å². The van der Waals surface area contributed by atoms with Crippen LogP contribution < -0.4 is 10.1 Å². The summed E-state index contributed by atoms with van der Waals surface area (Å²) in [7, 11) is 1.55. The number of aldehydes is 1. The predicted molar refractivity (Wildman–Crippen MR) is 130 cm³/mol. The Hall–Kier alpha value is -3.24. The number of nitrogens with zero attached hydrogens (tertiary/aromatic N) is 3. The number of carbonyl (C=O) groups is 2. The van der Waals surface area contributed by atoms with Crippen LogP contribution in [0.4, 0.5) is 10.6 Å². The number of rotatable bonds is 11. The summed E-state index contributed by atoms with van der Waals surface area (Å²) in [4.78, 5) is 24.7. The van der Waals surface area contributed by atoms with Gasteiger partial charge in [0.05, 0.1) is 6.54 Å². The van der Waals surface area contributed by atoms with Crippen molar-refractivity contribution < 1.29 is 28.9 Å². The third-order valence-electron chi connectivity index (χ3n) is 5.21. The van der Waals surface area contributed by atoms with Crippen molar-refractivity contribution in [3.05, 3.63) is 35.4 Å². The van der Waals surface area contributed by atoms with Crippen LogP contribution in [-0.4, -0.2) is 71.4 Å². The Kier molecular flexibility index (Phi) is 8.63. The molecule has 1 aromatic heterocycles. The van der Waals surface area contributed by atoms with E-state index in [0.29, 0.717) is 40.9 Å². The Morgan fingerprint density at radius 2 is 2.03 bits per heavy atom. The molecule has 1 fully saturated rings. The molecule has 3 rings (SSSR count). The number of ether oxygens (including phenoxy) is 3. The van der Waals surface area contributed by atoms with Gasteiger partial charge in [0, 0.05) is 24.8 Å². The summed E-state index contributed by atoms with van der Waals surface area (Å²) in [6.45, 7) is 7.77. The smallest absolute Gasteiger partial charge is 0.410 e. The summed E-state index contributed by atoms with van der Waals surface area (Å²) in [5.74, 6) is 1.19. The van der Waals surface area contributed by atoms with Crippen molar-refractivity contribution in [2.45, 2.75) is 58.3 Å². The number of carbonyl (C=O) groups excluding carboxylic acids is 2. The molecule has 10 nitrogen and oxygen atoms in total. The van der Waals surface area contributed by atoms with Gasteiger partial charge >= 0.3 is 6.09 Å². The molecule has 190 valence electrons. The predicted octanol–water partition coefficient (Wildman–Crippen LogP) is 3.80. The zero-order valence-electron chi connectivity index (χ0n) is 20.9. The van der Waals surface area contributed by atoms with Crippen LogP contribution in [0.1, 0.15) is 62.4 Å². The quantitative estimate of drug-likeness (QED) is 0.277. The molecule has 10 heteroatoms. The molecule has 1 atom stereocenters. The summed E-state index contributed by atoms with van der Waals surface area (Å²) >= 11 is 0. The highest BCUT2D eigenvalue weighted by molar-refractivity contribution is 5.80. The van der Waals surface area contributed by atoms with Gasteiger partial charge in [-0.05, 0) is 70.2 Å². The molecule has 0 radical (unpaired) electrons. The van der Waals surface area contributed by atoms with Gasteiger partial charge in [0.1, 0.15) is 29.6 Å². The van der Waals surface area contributed by atoms with Gasteiger partial charge in [-0.2, -0.15) is 0 Å². The maximum atomic E-state index is 12.2. The van der Waals surface area contributed by atoms with Gasteiger partial charge in [-0.3, -0.25) is 4.79 Å². The molecule has 1 saturated carbocycles. The van der Waals surface area contributed by atoms with E-state index in [0.717, 1.165) is 24.7 Å². The Morgan fingerprint density at radius 3 is 2.66 bits per heavy atom. The van der Waals surface area contributed by atoms with Crippen molar-refractivity contribution in [1.82, 2.24) is 15.1 Å². The van der Waals surface area contributed by atoms with Gasteiger partial charge in [0.25, 0.3) is 0 Å². The molecule has 0 spiro atoms. The maximum Gasteiger partial charge on any atom is 0.410 e. The molecule has 1 unspecified atom stereocenters. The number of nitrogens with one attached hydrogen (secondary N) is 1. The van der Waals surface area contributed by atoms with Gasteiger partial charge in [-0.15, -0.1) is 10.2 Å². The van der Waals surface area contributed by atoms with Crippen LogP contribution in [-0.2, 0) is 9.47 Å². The maximum absolute atomic E-state index is 12.2. The Balaban J connectivity index is 1.79. The highest BCUT2D eigenvalue weighted by Crippen LogP contribution is 2.45. The minimum Gasteiger partial charge on any atom is -0.467 e. The molecular weight excluding hydrogens is 452 g/mol. The number of amides is 1. The number of benzene rings is 1. The standard InChI is InChI=1S/C25H34N4O6/c1-6-33-15-34-20-11-16(14-30)7-10-18(20)23-19(17-8-9-17)12-21(27-28-23)26-22(31)13-29(5)24(32)35-25(2,3)4/h7,10-12,14,17,22,31H,6,8-9,13,15H2,1-5H3,(H,26,27). The molecule has 1 aromatic carbocycles. The van der Waals surface area contributed by atoms with Crippen molar-refractivity contribution in [2.75, 3.05) is 32.3 Å². The number of hydrogen-bond acceptors (Lipinski definition) is 9. The van der Waals surface area contributed by atoms with Crippen LogP contribution in [0.2, 0.25) is 0 Å². The van der Waals surface area contributed by atoms with E-state index in [4.69, 9.17) is 14.2 Å². The summed E-state index contributed by atoms with van der Waals surface area (Å²) in [6, 6.07) is 7.01. The van der Waals surface area contributed by atoms with Gasteiger partial charge in [0.15, 0.2) is 12.6 Å². The minimum atomic E-state index is -1.07. The summed E-state index contributed by atoms with van der Waals surface area (Å²) in [6.07, 6.45) is 1.19. The van der Waals surface area contributed by atoms with Crippen LogP contribution in [0.25, 0.3) is 11.3 Å².